The highest BCUT2D eigenvalue weighted by atomic mass is 79.9. The molecule has 0 saturated heterocycles. The van der Waals surface area contributed by atoms with E-state index >= 15 is 0 Å². The number of rotatable bonds is 2. The third kappa shape index (κ3) is 2.21. The van der Waals surface area contributed by atoms with Crippen LogP contribution in [-0.2, 0) is 0 Å². The summed E-state index contributed by atoms with van der Waals surface area (Å²) in [6.45, 7) is 1.85. The molecule has 19 heavy (non-hydrogen) atoms. The summed E-state index contributed by atoms with van der Waals surface area (Å²) in [6.07, 6.45) is 3.39. The fraction of sp³-hybridized carbons (Fsp3) is 0.0714. The van der Waals surface area contributed by atoms with Gasteiger partial charge in [0.2, 0.25) is 0 Å². The minimum atomic E-state index is -0.420. The molecule has 3 aromatic rings. The van der Waals surface area contributed by atoms with E-state index in [1.165, 1.54) is 6.07 Å². The Morgan fingerprint density at radius 1 is 1.32 bits per heavy atom. The number of hydrogen-bond acceptors (Lipinski definition) is 2. The van der Waals surface area contributed by atoms with Crippen molar-refractivity contribution in [2.75, 3.05) is 0 Å². The van der Waals surface area contributed by atoms with Crippen molar-refractivity contribution in [1.29, 1.82) is 0 Å². The zero-order valence-corrected chi connectivity index (χ0v) is 11.7. The van der Waals surface area contributed by atoms with E-state index in [0.29, 0.717) is 10.2 Å². The predicted molar refractivity (Wildman–Crippen MR) is 75.0 cm³/mol. The summed E-state index contributed by atoms with van der Waals surface area (Å²) in [6, 6.07) is 6.74. The minimum absolute atomic E-state index is 0.178. The predicted octanol–water partition coefficient (Wildman–Crippen LogP) is 4.57. The number of nitrogens with one attached hydrogen (secondary N) is 1. The second kappa shape index (κ2) is 4.66. The number of aromatic nitrogens is 2. The van der Waals surface area contributed by atoms with Crippen molar-refractivity contribution in [3.05, 3.63) is 52.6 Å². The van der Waals surface area contributed by atoms with Crippen molar-refractivity contribution in [3.63, 3.8) is 0 Å². The number of benzene rings is 1. The summed E-state index contributed by atoms with van der Waals surface area (Å²) >= 11 is 3.39. The van der Waals surface area contributed by atoms with E-state index in [0.717, 1.165) is 16.6 Å². The molecule has 5 heteroatoms. The third-order valence-corrected chi connectivity index (χ3v) is 3.58. The molecule has 3 rings (SSSR count). The Balaban J connectivity index is 2.09. The molecule has 0 saturated carbocycles. The molecule has 2 heterocycles. The number of nitrogens with zero attached hydrogens (tertiary/aromatic N) is 1. The fourth-order valence-electron chi connectivity index (χ4n) is 1.91. The lowest BCUT2D eigenvalue weighted by Gasteiger charge is -2.10. The van der Waals surface area contributed by atoms with Gasteiger partial charge in [-0.05, 0) is 35.0 Å². The summed E-state index contributed by atoms with van der Waals surface area (Å²) in [7, 11) is 0. The van der Waals surface area contributed by atoms with Crippen LogP contribution < -0.4 is 4.74 Å². The first-order chi connectivity index (χ1) is 9.15. The van der Waals surface area contributed by atoms with Gasteiger partial charge in [0.1, 0.15) is 5.75 Å². The maximum absolute atomic E-state index is 14.1. The van der Waals surface area contributed by atoms with Crippen molar-refractivity contribution < 1.29 is 9.13 Å². The normalized spacial score (nSPS) is 10.9. The van der Waals surface area contributed by atoms with Crippen molar-refractivity contribution >= 4 is 26.8 Å². The van der Waals surface area contributed by atoms with E-state index in [1.807, 2.05) is 13.0 Å². The van der Waals surface area contributed by atoms with Crippen molar-refractivity contribution in [3.8, 4) is 11.5 Å². The van der Waals surface area contributed by atoms with Gasteiger partial charge >= 0.3 is 0 Å². The van der Waals surface area contributed by atoms with Gasteiger partial charge in [-0.2, -0.15) is 0 Å². The Labute approximate surface area is 117 Å². The molecule has 3 nitrogen and oxygen atoms in total. The monoisotopic (exact) mass is 320 g/mol. The van der Waals surface area contributed by atoms with Crippen LogP contribution >= 0.6 is 15.9 Å². The van der Waals surface area contributed by atoms with Crippen LogP contribution in [0.1, 0.15) is 5.69 Å². The van der Waals surface area contributed by atoms with Gasteiger partial charge in [0, 0.05) is 41.1 Å². The van der Waals surface area contributed by atoms with E-state index in [1.54, 1.807) is 24.5 Å². The number of fused-ring (bicyclic) bond motifs is 1. The molecular weight excluding hydrogens is 311 g/mol. The van der Waals surface area contributed by atoms with E-state index in [-0.39, 0.29) is 5.75 Å². The fourth-order valence-corrected chi connectivity index (χ4v) is 2.52. The zero-order chi connectivity index (χ0) is 13.4. The highest BCUT2D eigenvalue weighted by Crippen LogP contribution is 2.37. The molecule has 0 radical (unpaired) electrons. The van der Waals surface area contributed by atoms with Gasteiger partial charge < -0.3 is 9.72 Å². The van der Waals surface area contributed by atoms with Crippen LogP contribution in [0.5, 0.6) is 11.5 Å². The van der Waals surface area contributed by atoms with Gasteiger partial charge in [-0.1, -0.05) is 0 Å². The van der Waals surface area contributed by atoms with Gasteiger partial charge in [0.25, 0.3) is 0 Å². The average Bonchev–Trinajstić information content (AvgIpc) is 2.83. The number of pyridine rings is 1. The van der Waals surface area contributed by atoms with Crippen LogP contribution in [0.2, 0.25) is 0 Å². The molecule has 1 aromatic carbocycles. The topological polar surface area (TPSA) is 37.9 Å². The van der Waals surface area contributed by atoms with Crippen LogP contribution in [0.4, 0.5) is 4.39 Å². The molecule has 0 atom stereocenters. The van der Waals surface area contributed by atoms with Crippen LogP contribution in [0.3, 0.4) is 0 Å². The first-order valence-corrected chi connectivity index (χ1v) is 6.50. The van der Waals surface area contributed by atoms with Gasteiger partial charge in [-0.25, -0.2) is 4.39 Å². The molecule has 0 bridgehead atoms. The van der Waals surface area contributed by atoms with Gasteiger partial charge in [-0.3, -0.25) is 4.98 Å². The van der Waals surface area contributed by atoms with E-state index < -0.39 is 5.82 Å². The molecule has 96 valence electrons. The van der Waals surface area contributed by atoms with Crippen LogP contribution in [-0.4, -0.2) is 9.97 Å². The number of hydrogen-bond donors (Lipinski definition) is 1. The van der Waals surface area contributed by atoms with Crippen molar-refractivity contribution in [2.24, 2.45) is 0 Å². The summed E-state index contributed by atoms with van der Waals surface area (Å²) in [5.41, 5.74) is 1.54. The Hall–Kier alpha value is -1.88. The van der Waals surface area contributed by atoms with Crippen LogP contribution in [0.25, 0.3) is 10.9 Å². The third-order valence-electron chi connectivity index (χ3n) is 2.79. The van der Waals surface area contributed by atoms with Crippen molar-refractivity contribution in [1.82, 2.24) is 9.97 Å². The quantitative estimate of drug-likeness (QED) is 0.751. The minimum Gasteiger partial charge on any atom is -0.453 e. The lowest BCUT2D eigenvalue weighted by molar-refractivity contribution is 0.439. The number of H-pyrrole nitrogens is 1. The Morgan fingerprint density at radius 3 is 2.95 bits per heavy atom. The van der Waals surface area contributed by atoms with Gasteiger partial charge in [0.15, 0.2) is 11.6 Å². The Kier molecular flexibility index (Phi) is 2.98. The zero-order valence-electron chi connectivity index (χ0n) is 10.1. The Bertz CT molecular complexity index is 754. The summed E-state index contributed by atoms with van der Waals surface area (Å²) in [5, 5.41) is 0.877. The highest BCUT2D eigenvalue weighted by molar-refractivity contribution is 9.10. The SMILES string of the molecule is Cc1cc(Oc2c(F)cc3[nH]ccc3c2Br)ccn1. The molecule has 0 fully saturated rings. The molecule has 0 unspecified atom stereocenters. The average molecular weight is 321 g/mol. The first-order valence-electron chi connectivity index (χ1n) is 5.71. The summed E-state index contributed by atoms with van der Waals surface area (Å²) < 4.78 is 20.3. The lowest BCUT2D eigenvalue weighted by atomic mass is 10.2. The van der Waals surface area contributed by atoms with E-state index in [2.05, 4.69) is 25.9 Å². The second-order valence-corrected chi connectivity index (χ2v) is 4.97. The molecule has 0 aliphatic carbocycles. The van der Waals surface area contributed by atoms with Gasteiger partial charge in [0.05, 0.1) is 4.47 Å². The largest absolute Gasteiger partial charge is 0.453 e. The second-order valence-electron chi connectivity index (χ2n) is 4.18. The molecule has 0 spiro atoms. The molecular formula is C14H10BrFN2O. The molecule has 0 aliphatic heterocycles. The number of aromatic amines is 1. The first kappa shape index (κ1) is 12.2. The van der Waals surface area contributed by atoms with Crippen molar-refractivity contribution in [2.45, 2.75) is 6.92 Å². The number of aryl methyl sites for hydroxylation is 1. The summed E-state index contributed by atoms with van der Waals surface area (Å²) in [5.74, 6) is 0.316. The van der Waals surface area contributed by atoms with Crippen LogP contribution in [0.15, 0.2) is 41.1 Å². The van der Waals surface area contributed by atoms with E-state index in [9.17, 15) is 4.39 Å². The Morgan fingerprint density at radius 2 is 2.16 bits per heavy atom. The molecule has 0 aliphatic rings. The smallest absolute Gasteiger partial charge is 0.177 e. The van der Waals surface area contributed by atoms with Crippen LogP contribution in [0, 0.1) is 12.7 Å². The molecule has 2 aromatic heterocycles. The molecule has 1 N–H and O–H groups in total. The maximum Gasteiger partial charge on any atom is 0.177 e. The number of ether oxygens (including phenoxy) is 1. The highest BCUT2D eigenvalue weighted by Gasteiger charge is 2.14. The summed E-state index contributed by atoms with van der Waals surface area (Å²) in [4.78, 5) is 7.04. The lowest BCUT2D eigenvalue weighted by Crippen LogP contribution is -1.92. The standard InChI is InChI=1S/C14H10BrFN2O/c1-8-6-9(2-4-17-8)19-14-11(16)7-12-10(13(14)15)3-5-18-12/h2-7,18H,1H3. The molecule has 0 amide bonds. The van der Waals surface area contributed by atoms with E-state index in [4.69, 9.17) is 4.74 Å². The number of halogens is 2. The van der Waals surface area contributed by atoms with Gasteiger partial charge in [-0.15, -0.1) is 0 Å². The maximum atomic E-state index is 14.1.